The molecule has 210 valence electrons. The molecule has 1 heteroatoms. The predicted octanol–water partition coefficient (Wildman–Crippen LogP) is 10.4. The third kappa shape index (κ3) is 4.65. The molecule has 0 amide bonds. The number of ether oxygens (including phenoxy) is 1. The van der Waals surface area contributed by atoms with Gasteiger partial charge in [-0.3, -0.25) is 0 Å². The molecule has 0 heterocycles. The zero-order valence-electron chi connectivity index (χ0n) is 25.5. The molecule has 0 radical (unpaired) electrons. The SMILES string of the molecule is CC(C)CCC[C@@H](C)[C@H]1CC[C@H]2[C@@H]3CC=C4CC(OC5(C)CC5c5ccccc5)CC[C@]4(C)[C@H]3CC[C@]12C. The Hall–Kier alpha value is -1.08. The van der Waals surface area contributed by atoms with Crippen LogP contribution in [0, 0.1) is 46.3 Å². The van der Waals surface area contributed by atoms with Gasteiger partial charge in [-0.25, -0.2) is 0 Å². The Balaban J connectivity index is 1.11. The highest BCUT2D eigenvalue weighted by Crippen LogP contribution is 2.67. The van der Waals surface area contributed by atoms with Gasteiger partial charge in [0.05, 0.1) is 11.7 Å². The number of fused-ring (bicyclic) bond motifs is 5. The van der Waals surface area contributed by atoms with Crippen LogP contribution in [0.25, 0.3) is 0 Å². The highest BCUT2D eigenvalue weighted by atomic mass is 16.5. The summed E-state index contributed by atoms with van der Waals surface area (Å²) in [6, 6.07) is 11.1. The van der Waals surface area contributed by atoms with Crippen molar-refractivity contribution >= 4 is 0 Å². The first-order chi connectivity index (χ1) is 18.1. The summed E-state index contributed by atoms with van der Waals surface area (Å²) in [5, 5.41) is 0. The van der Waals surface area contributed by atoms with Crippen LogP contribution in [0.15, 0.2) is 42.0 Å². The summed E-state index contributed by atoms with van der Waals surface area (Å²) in [5.74, 6) is 6.09. The van der Waals surface area contributed by atoms with Crippen LogP contribution in [0.4, 0.5) is 0 Å². The van der Waals surface area contributed by atoms with Gasteiger partial charge in [0.15, 0.2) is 0 Å². The third-order valence-electron chi connectivity index (χ3n) is 13.1. The maximum Gasteiger partial charge on any atom is 0.0734 e. The smallest absolute Gasteiger partial charge is 0.0734 e. The van der Waals surface area contributed by atoms with Crippen molar-refractivity contribution in [3.05, 3.63) is 47.5 Å². The number of hydrogen-bond donors (Lipinski definition) is 0. The molecule has 0 N–H and O–H groups in total. The van der Waals surface area contributed by atoms with E-state index in [0.29, 0.717) is 22.9 Å². The highest BCUT2D eigenvalue weighted by molar-refractivity contribution is 5.31. The van der Waals surface area contributed by atoms with E-state index in [1.807, 2.05) is 0 Å². The topological polar surface area (TPSA) is 9.23 Å². The molecule has 0 spiro atoms. The Bertz CT molecular complexity index is 1010. The molecule has 0 aliphatic heterocycles. The quantitative estimate of drug-likeness (QED) is 0.312. The number of allylic oxidation sites excluding steroid dienone is 1. The van der Waals surface area contributed by atoms with Gasteiger partial charge in [0.1, 0.15) is 0 Å². The van der Waals surface area contributed by atoms with E-state index >= 15 is 0 Å². The summed E-state index contributed by atoms with van der Waals surface area (Å²) in [6.45, 7) is 15.1. The number of hydrogen-bond acceptors (Lipinski definition) is 1. The van der Waals surface area contributed by atoms with Gasteiger partial charge in [-0.1, -0.05) is 95.9 Å². The zero-order chi connectivity index (χ0) is 26.7. The molecule has 4 fully saturated rings. The molecule has 0 bridgehead atoms. The summed E-state index contributed by atoms with van der Waals surface area (Å²) in [5.41, 5.74) is 4.30. The van der Waals surface area contributed by atoms with E-state index in [4.69, 9.17) is 4.74 Å². The minimum Gasteiger partial charge on any atom is -0.371 e. The number of benzene rings is 1. The van der Waals surface area contributed by atoms with Crippen LogP contribution in [-0.2, 0) is 4.74 Å². The first-order valence-electron chi connectivity index (χ1n) is 16.6. The summed E-state index contributed by atoms with van der Waals surface area (Å²) >= 11 is 0. The average Bonchev–Trinajstić information content (AvgIpc) is 3.41. The first kappa shape index (κ1) is 27.1. The lowest BCUT2D eigenvalue weighted by atomic mass is 9.47. The lowest BCUT2D eigenvalue weighted by molar-refractivity contribution is -0.0793. The molecule has 10 atom stereocenters. The standard InChI is InChI=1S/C37H56O/c1-25(2)11-10-12-26(3)31-17-18-32-30-16-15-28-23-29(19-21-35(28,4)33(30)20-22-36(31,32)5)38-37(6)24-34(37)27-13-8-7-9-14-27/h7-9,13-15,25-26,29-34H,10-12,16-24H2,1-6H3/t26-,29?,30+,31-,32+,33+,34?,35+,36-,37?/m1/s1. The summed E-state index contributed by atoms with van der Waals surface area (Å²) in [7, 11) is 0. The molecule has 1 aromatic rings. The summed E-state index contributed by atoms with van der Waals surface area (Å²) in [6.07, 6.45) is 19.7. The van der Waals surface area contributed by atoms with Gasteiger partial charge in [0.2, 0.25) is 0 Å². The van der Waals surface area contributed by atoms with Crippen LogP contribution in [0.5, 0.6) is 0 Å². The highest BCUT2D eigenvalue weighted by Gasteiger charge is 2.60. The first-order valence-corrected chi connectivity index (χ1v) is 16.6. The van der Waals surface area contributed by atoms with Crippen molar-refractivity contribution in [1.29, 1.82) is 0 Å². The van der Waals surface area contributed by atoms with E-state index in [0.717, 1.165) is 35.5 Å². The van der Waals surface area contributed by atoms with E-state index in [1.165, 1.54) is 82.6 Å². The lowest BCUT2D eigenvalue weighted by Gasteiger charge is -2.58. The Morgan fingerprint density at radius 3 is 2.45 bits per heavy atom. The van der Waals surface area contributed by atoms with Crippen LogP contribution < -0.4 is 0 Å². The molecule has 6 rings (SSSR count). The Labute approximate surface area is 234 Å². The average molecular weight is 517 g/mol. The minimum absolute atomic E-state index is 0.0505. The van der Waals surface area contributed by atoms with E-state index in [9.17, 15) is 0 Å². The predicted molar refractivity (Wildman–Crippen MR) is 160 cm³/mol. The molecular weight excluding hydrogens is 460 g/mol. The van der Waals surface area contributed by atoms with Gasteiger partial charge in [-0.15, -0.1) is 0 Å². The third-order valence-corrected chi connectivity index (χ3v) is 13.1. The fourth-order valence-corrected chi connectivity index (χ4v) is 10.8. The van der Waals surface area contributed by atoms with Crippen molar-refractivity contribution in [2.75, 3.05) is 0 Å². The molecule has 38 heavy (non-hydrogen) atoms. The van der Waals surface area contributed by atoms with E-state index in [1.54, 1.807) is 5.57 Å². The molecule has 0 saturated heterocycles. The van der Waals surface area contributed by atoms with Gasteiger partial charge in [0, 0.05) is 5.92 Å². The summed E-state index contributed by atoms with van der Waals surface area (Å²) in [4.78, 5) is 0. The largest absolute Gasteiger partial charge is 0.371 e. The van der Waals surface area contributed by atoms with Crippen molar-refractivity contribution in [3.8, 4) is 0 Å². The Morgan fingerprint density at radius 2 is 1.68 bits per heavy atom. The molecule has 5 aliphatic rings. The lowest BCUT2D eigenvalue weighted by Crippen LogP contribution is -2.51. The number of rotatable bonds is 8. The second-order valence-corrected chi connectivity index (χ2v) is 15.8. The van der Waals surface area contributed by atoms with Gasteiger partial charge < -0.3 is 4.74 Å². The second kappa shape index (κ2) is 10.1. The van der Waals surface area contributed by atoms with Crippen molar-refractivity contribution in [1.82, 2.24) is 0 Å². The van der Waals surface area contributed by atoms with Gasteiger partial charge in [-0.2, -0.15) is 0 Å². The Kier molecular flexibility index (Phi) is 7.19. The molecular formula is C37H56O. The van der Waals surface area contributed by atoms with E-state index in [2.05, 4.69) is 78.0 Å². The molecule has 3 unspecified atom stereocenters. The van der Waals surface area contributed by atoms with Gasteiger partial charge >= 0.3 is 0 Å². The maximum atomic E-state index is 6.92. The van der Waals surface area contributed by atoms with Crippen LogP contribution in [-0.4, -0.2) is 11.7 Å². The fourth-order valence-electron chi connectivity index (χ4n) is 10.8. The van der Waals surface area contributed by atoms with Gasteiger partial charge in [0.25, 0.3) is 0 Å². The zero-order valence-corrected chi connectivity index (χ0v) is 25.5. The Morgan fingerprint density at radius 1 is 0.895 bits per heavy atom. The second-order valence-electron chi connectivity index (χ2n) is 15.8. The monoisotopic (exact) mass is 516 g/mol. The van der Waals surface area contributed by atoms with Crippen LogP contribution >= 0.6 is 0 Å². The molecule has 5 aliphatic carbocycles. The van der Waals surface area contributed by atoms with E-state index < -0.39 is 0 Å². The fraction of sp³-hybridized carbons (Fsp3) is 0.784. The molecule has 1 nitrogen and oxygen atoms in total. The van der Waals surface area contributed by atoms with Gasteiger partial charge in [-0.05, 0) is 117 Å². The minimum atomic E-state index is 0.0505. The molecule has 0 aromatic heterocycles. The van der Waals surface area contributed by atoms with Crippen LogP contribution in [0.2, 0.25) is 0 Å². The van der Waals surface area contributed by atoms with Crippen molar-refractivity contribution in [2.45, 2.75) is 136 Å². The van der Waals surface area contributed by atoms with E-state index in [-0.39, 0.29) is 5.60 Å². The normalized spacial score (nSPS) is 44.7. The van der Waals surface area contributed by atoms with Crippen molar-refractivity contribution in [2.24, 2.45) is 46.3 Å². The van der Waals surface area contributed by atoms with Crippen LogP contribution in [0.1, 0.15) is 130 Å². The molecule has 1 aromatic carbocycles. The van der Waals surface area contributed by atoms with Crippen LogP contribution in [0.3, 0.4) is 0 Å². The molecule has 4 saturated carbocycles. The maximum absolute atomic E-state index is 6.92. The van der Waals surface area contributed by atoms with Crippen molar-refractivity contribution < 1.29 is 4.74 Å². The van der Waals surface area contributed by atoms with Crippen molar-refractivity contribution in [3.63, 3.8) is 0 Å². The summed E-state index contributed by atoms with van der Waals surface area (Å²) < 4.78 is 6.92.